The lowest BCUT2D eigenvalue weighted by Crippen LogP contribution is -2.44. The number of piperazine rings is 1. The van der Waals surface area contributed by atoms with Gasteiger partial charge in [0.1, 0.15) is 5.82 Å². The highest BCUT2D eigenvalue weighted by Gasteiger charge is 2.15. The van der Waals surface area contributed by atoms with Gasteiger partial charge in [-0.1, -0.05) is 0 Å². The van der Waals surface area contributed by atoms with Crippen LogP contribution in [0, 0.1) is 6.07 Å². The number of pyridine rings is 1. The summed E-state index contributed by atoms with van der Waals surface area (Å²) in [5.41, 5.74) is 0. The molecule has 1 aromatic heterocycles. The fraction of sp³-hybridized carbons (Fsp3) is 0.545. The maximum atomic E-state index is 5.06. The second-order valence-electron chi connectivity index (χ2n) is 3.75. The lowest BCUT2D eigenvalue weighted by molar-refractivity contribution is 0.311. The molecule has 15 heavy (non-hydrogen) atoms. The third-order valence-corrected chi connectivity index (χ3v) is 2.68. The minimum absolute atomic E-state index is 0.562. The molecule has 1 aliphatic rings. The van der Waals surface area contributed by atoms with Crippen LogP contribution in [0.25, 0.3) is 0 Å². The summed E-state index contributed by atoms with van der Waals surface area (Å²) in [7, 11) is 3.76. The molecule has 4 nitrogen and oxygen atoms in total. The van der Waals surface area contributed by atoms with Crippen molar-refractivity contribution in [2.75, 3.05) is 45.2 Å². The second kappa shape index (κ2) is 4.49. The highest BCUT2D eigenvalue weighted by Crippen LogP contribution is 2.16. The number of anilines is 1. The molecule has 1 fully saturated rings. The molecular weight excluding hydrogens is 190 g/mol. The summed E-state index contributed by atoms with van der Waals surface area (Å²) >= 11 is 0. The normalized spacial score (nSPS) is 17.9. The van der Waals surface area contributed by atoms with Crippen molar-refractivity contribution in [3.8, 4) is 5.88 Å². The van der Waals surface area contributed by atoms with Crippen molar-refractivity contribution in [1.82, 2.24) is 9.88 Å². The van der Waals surface area contributed by atoms with Crippen LogP contribution < -0.4 is 9.64 Å². The van der Waals surface area contributed by atoms with E-state index >= 15 is 0 Å². The van der Waals surface area contributed by atoms with Crippen LogP contribution in [0.4, 0.5) is 5.82 Å². The number of likely N-dealkylation sites (N-methyl/N-ethyl adjacent to an activating group) is 1. The van der Waals surface area contributed by atoms with Crippen LogP contribution >= 0.6 is 0 Å². The molecule has 81 valence electrons. The van der Waals surface area contributed by atoms with Gasteiger partial charge in [0.25, 0.3) is 0 Å². The van der Waals surface area contributed by atoms with Gasteiger partial charge in [0.15, 0.2) is 0 Å². The van der Waals surface area contributed by atoms with Crippen LogP contribution in [-0.2, 0) is 0 Å². The van der Waals surface area contributed by atoms with Crippen molar-refractivity contribution in [1.29, 1.82) is 0 Å². The predicted octanol–water partition coefficient (Wildman–Crippen LogP) is 0.642. The molecule has 0 aliphatic carbocycles. The number of aromatic nitrogens is 1. The summed E-state index contributed by atoms with van der Waals surface area (Å²) < 4.78 is 5.06. The molecule has 0 saturated carbocycles. The van der Waals surface area contributed by atoms with Gasteiger partial charge in [-0.05, 0) is 19.2 Å². The van der Waals surface area contributed by atoms with Crippen LogP contribution in [0.1, 0.15) is 0 Å². The van der Waals surface area contributed by atoms with Crippen molar-refractivity contribution >= 4 is 5.82 Å². The van der Waals surface area contributed by atoms with Crippen molar-refractivity contribution < 1.29 is 4.74 Å². The van der Waals surface area contributed by atoms with E-state index < -0.39 is 0 Å². The summed E-state index contributed by atoms with van der Waals surface area (Å²) in [4.78, 5) is 8.97. The fourth-order valence-electron chi connectivity index (χ4n) is 1.68. The quantitative estimate of drug-likeness (QED) is 0.710. The van der Waals surface area contributed by atoms with Crippen LogP contribution in [0.2, 0.25) is 0 Å². The van der Waals surface area contributed by atoms with Gasteiger partial charge in [-0.25, -0.2) is 0 Å². The second-order valence-corrected chi connectivity index (χ2v) is 3.75. The molecule has 0 spiro atoms. The molecule has 4 heteroatoms. The summed E-state index contributed by atoms with van der Waals surface area (Å²) in [6.45, 7) is 4.22. The number of ether oxygens (including phenoxy) is 1. The Balaban J connectivity index is 2.08. The van der Waals surface area contributed by atoms with E-state index in [0.29, 0.717) is 5.88 Å². The predicted molar refractivity (Wildman–Crippen MR) is 59.3 cm³/mol. The lowest BCUT2D eigenvalue weighted by Gasteiger charge is -2.33. The van der Waals surface area contributed by atoms with Crippen LogP contribution in [-0.4, -0.2) is 50.2 Å². The zero-order chi connectivity index (χ0) is 10.7. The zero-order valence-electron chi connectivity index (χ0n) is 9.23. The first-order chi connectivity index (χ1) is 7.29. The molecule has 2 heterocycles. The molecule has 2 rings (SSSR count). The van der Waals surface area contributed by atoms with Crippen LogP contribution in [0.3, 0.4) is 0 Å². The Morgan fingerprint density at radius 1 is 1.33 bits per heavy atom. The van der Waals surface area contributed by atoms with Gasteiger partial charge in [0, 0.05) is 32.2 Å². The van der Waals surface area contributed by atoms with Crippen molar-refractivity contribution in [3.63, 3.8) is 0 Å². The molecule has 0 N–H and O–H groups in total. The monoisotopic (exact) mass is 206 g/mol. The standard InChI is InChI=1S/C11H16N3O/c1-13-6-8-14(9-7-13)10-4-3-5-11(12-10)15-2/h3-4H,6-9H2,1-2H3. The minimum atomic E-state index is 0.562. The maximum absolute atomic E-state index is 5.06. The molecular formula is C11H16N3O. The Bertz CT molecular complexity index is 321. The van der Waals surface area contributed by atoms with E-state index in [0.717, 1.165) is 32.0 Å². The number of methoxy groups -OCH3 is 1. The van der Waals surface area contributed by atoms with Gasteiger partial charge in [-0.2, -0.15) is 4.98 Å². The molecule has 1 aromatic rings. The molecule has 0 bridgehead atoms. The number of hydrogen-bond donors (Lipinski definition) is 0. The third kappa shape index (κ3) is 2.39. The van der Waals surface area contributed by atoms with E-state index in [2.05, 4.69) is 27.9 Å². The molecule has 0 atom stereocenters. The van der Waals surface area contributed by atoms with E-state index in [-0.39, 0.29) is 0 Å². The summed E-state index contributed by atoms with van der Waals surface area (Å²) in [5, 5.41) is 0. The molecule has 0 amide bonds. The lowest BCUT2D eigenvalue weighted by atomic mass is 10.3. The van der Waals surface area contributed by atoms with Crippen molar-refractivity contribution in [2.45, 2.75) is 0 Å². The van der Waals surface area contributed by atoms with E-state index in [1.807, 2.05) is 12.1 Å². The first-order valence-corrected chi connectivity index (χ1v) is 5.16. The van der Waals surface area contributed by atoms with Gasteiger partial charge in [0.05, 0.1) is 7.11 Å². The maximum Gasteiger partial charge on any atom is 0.223 e. The first kappa shape index (κ1) is 10.2. The van der Waals surface area contributed by atoms with Gasteiger partial charge in [-0.3, -0.25) is 0 Å². The molecule has 0 aromatic carbocycles. The fourth-order valence-corrected chi connectivity index (χ4v) is 1.68. The topological polar surface area (TPSA) is 28.6 Å². The molecule has 1 aliphatic heterocycles. The SMILES string of the molecule is COc1[c]ccc(N2CCN(C)CC2)n1. The smallest absolute Gasteiger partial charge is 0.223 e. The third-order valence-electron chi connectivity index (χ3n) is 2.68. The first-order valence-electron chi connectivity index (χ1n) is 5.16. The van der Waals surface area contributed by atoms with E-state index in [4.69, 9.17) is 4.74 Å². The number of nitrogens with zero attached hydrogens (tertiary/aromatic N) is 3. The van der Waals surface area contributed by atoms with Crippen LogP contribution in [0.5, 0.6) is 5.88 Å². The van der Waals surface area contributed by atoms with Crippen LogP contribution in [0.15, 0.2) is 12.1 Å². The van der Waals surface area contributed by atoms with Gasteiger partial charge < -0.3 is 14.5 Å². The highest BCUT2D eigenvalue weighted by atomic mass is 16.5. The van der Waals surface area contributed by atoms with Crippen molar-refractivity contribution in [2.24, 2.45) is 0 Å². The highest BCUT2D eigenvalue weighted by molar-refractivity contribution is 5.40. The Morgan fingerprint density at radius 2 is 2.07 bits per heavy atom. The number of rotatable bonds is 2. The molecule has 1 radical (unpaired) electrons. The van der Waals surface area contributed by atoms with Gasteiger partial charge in [-0.15, -0.1) is 0 Å². The van der Waals surface area contributed by atoms with Gasteiger partial charge >= 0.3 is 0 Å². The van der Waals surface area contributed by atoms with Crippen molar-refractivity contribution in [3.05, 3.63) is 18.2 Å². The molecule has 1 saturated heterocycles. The summed E-state index contributed by atoms with van der Waals surface area (Å²) in [6.07, 6.45) is 0. The average Bonchev–Trinajstić information content (AvgIpc) is 2.30. The van der Waals surface area contributed by atoms with E-state index in [1.54, 1.807) is 7.11 Å². The Hall–Kier alpha value is -1.29. The summed E-state index contributed by atoms with van der Waals surface area (Å²) in [6, 6.07) is 6.78. The van der Waals surface area contributed by atoms with Gasteiger partial charge in [0.2, 0.25) is 5.88 Å². The minimum Gasteiger partial charge on any atom is -0.480 e. The Morgan fingerprint density at radius 3 is 2.73 bits per heavy atom. The summed E-state index contributed by atoms with van der Waals surface area (Å²) in [5.74, 6) is 1.55. The largest absolute Gasteiger partial charge is 0.480 e. The zero-order valence-corrected chi connectivity index (χ0v) is 9.23. The number of hydrogen-bond acceptors (Lipinski definition) is 4. The van der Waals surface area contributed by atoms with E-state index in [1.165, 1.54) is 0 Å². The van der Waals surface area contributed by atoms with E-state index in [9.17, 15) is 0 Å². The molecule has 0 unspecified atom stereocenters. The Labute approximate surface area is 90.5 Å². The Kier molecular flexibility index (Phi) is 3.06. The average molecular weight is 206 g/mol.